The molecule has 0 aliphatic rings. The van der Waals surface area contributed by atoms with Crippen LogP contribution >= 0.6 is 11.6 Å². The zero-order valence-electron chi connectivity index (χ0n) is 7.35. The Kier molecular flexibility index (Phi) is 2.52. The monoisotopic (exact) mass is 231 g/mol. The van der Waals surface area contributed by atoms with Crippen molar-refractivity contribution >= 4 is 22.5 Å². The standard InChI is InChI=1S/C10H5ClF3N/c11-7-4-9(10(13)14)15-8-3-5(12)1-2-6(7)8/h1-4,10H. The van der Waals surface area contributed by atoms with E-state index in [9.17, 15) is 13.2 Å². The molecule has 2 rings (SSSR count). The minimum absolute atomic E-state index is 0.137. The molecule has 0 spiro atoms. The zero-order valence-corrected chi connectivity index (χ0v) is 8.10. The number of aromatic nitrogens is 1. The van der Waals surface area contributed by atoms with Crippen LogP contribution in [-0.2, 0) is 0 Å². The van der Waals surface area contributed by atoms with Gasteiger partial charge in [0.25, 0.3) is 6.43 Å². The number of fused-ring (bicyclic) bond motifs is 1. The summed E-state index contributed by atoms with van der Waals surface area (Å²) in [5, 5.41) is 0.609. The zero-order chi connectivity index (χ0) is 11.0. The van der Waals surface area contributed by atoms with Crippen molar-refractivity contribution in [3.8, 4) is 0 Å². The summed E-state index contributed by atoms with van der Waals surface area (Å²) >= 11 is 5.76. The molecule has 5 heteroatoms. The highest BCUT2D eigenvalue weighted by molar-refractivity contribution is 6.35. The fourth-order valence-corrected chi connectivity index (χ4v) is 1.56. The number of halogens is 4. The smallest absolute Gasteiger partial charge is 0.247 e. The van der Waals surface area contributed by atoms with E-state index in [2.05, 4.69) is 4.98 Å². The van der Waals surface area contributed by atoms with E-state index in [4.69, 9.17) is 11.6 Å². The lowest BCUT2D eigenvalue weighted by atomic mass is 10.2. The number of benzene rings is 1. The van der Waals surface area contributed by atoms with Crippen LogP contribution in [0.4, 0.5) is 13.2 Å². The van der Waals surface area contributed by atoms with E-state index in [-0.39, 0.29) is 10.5 Å². The maximum atomic E-state index is 12.8. The SMILES string of the molecule is Fc1ccc2c(Cl)cc(C(F)F)nc2c1. The summed E-state index contributed by atoms with van der Waals surface area (Å²) in [6.07, 6.45) is -2.71. The van der Waals surface area contributed by atoms with Crippen LogP contribution < -0.4 is 0 Å². The van der Waals surface area contributed by atoms with Crippen LogP contribution in [-0.4, -0.2) is 4.98 Å². The summed E-state index contributed by atoms with van der Waals surface area (Å²) < 4.78 is 37.6. The molecule has 15 heavy (non-hydrogen) atoms. The van der Waals surface area contributed by atoms with Crippen molar-refractivity contribution in [1.82, 2.24) is 4.98 Å². The Morgan fingerprint density at radius 1 is 1.20 bits per heavy atom. The first-order valence-corrected chi connectivity index (χ1v) is 4.49. The summed E-state index contributed by atoms with van der Waals surface area (Å²) in [4.78, 5) is 3.62. The number of nitrogens with zero attached hydrogens (tertiary/aromatic N) is 1. The first kappa shape index (κ1) is 10.2. The highest BCUT2D eigenvalue weighted by Gasteiger charge is 2.12. The largest absolute Gasteiger partial charge is 0.280 e. The van der Waals surface area contributed by atoms with Crippen LogP contribution in [0.2, 0.25) is 5.02 Å². The summed E-state index contributed by atoms with van der Waals surface area (Å²) in [5.41, 5.74) is -0.309. The minimum Gasteiger partial charge on any atom is -0.247 e. The van der Waals surface area contributed by atoms with Gasteiger partial charge in [-0.2, -0.15) is 0 Å². The molecule has 0 unspecified atom stereocenters. The van der Waals surface area contributed by atoms with Crippen LogP contribution in [0.15, 0.2) is 24.3 Å². The topological polar surface area (TPSA) is 12.9 Å². The molecule has 2 aromatic rings. The lowest BCUT2D eigenvalue weighted by Crippen LogP contribution is -1.92. The summed E-state index contributed by atoms with van der Waals surface area (Å²) in [6.45, 7) is 0. The first-order chi connectivity index (χ1) is 7.08. The Bertz CT molecular complexity index is 513. The highest BCUT2D eigenvalue weighted by atomic mass is 35.5. The number of hydrogen-bond acceptors (Lipinski definition) is 1. The van der Waals surface area contributed by atoms with Gasteiger partial charge in [0, 0.05) is 11.5 Å². The molecule has 1 nitrogen and oxygen atoms in total. The molecular formula is C10H5ClF3N. The predicted octanol–water partition coefficient (Wildman–Crippen LogP) is 3.96. The van der Waals surface area contributed by atoms with E-state index in [1.54, 1.807) is 0 Å². The normalized spacial score (nSPS) is 11.3. The third kappa shape index (κ3) is 1.90. The molecular weight excluding hydrogens is 227 g/mol. The maximum Gasteiger partial charge on any atom is 0.280 e. The van der Waals surface area contributed by atoms with Gasteiger partial charge in [-0.05, 0) is 18.2 Å². The maximum absolute atomic E-state index is 12.8. The van der Waals surface area contributed by atoms with Gasteiger partial charge in [-0.25, -0.2) is 18.2 Å². The van der Waals surface area contributed by atoms with E-state index in [1.165, 1.54) is 12.1 Å². The van der Waals surface area contributed by atoms with Crippen molar-refractivity contribution < 1.29 is 13.2 Å². The summed E-state index contributed by atoms with van der Waals surface area (Å²) in [6, 6.07) is 4.78. The van der Waals surface area contributed by atoms with Crippen molar-refractivity contribution in [1.29, 1.82) is 0 Å². The molecule has 0 aliphatic carbocycles. The second kappa shape index (κ2) is 3.70. The van der Waals surface area contributed by atoms with Crippen molar-refractivity contribution in [2.45, 2.75) is 6.43 Å². The van der Waals surface area contributed by atoms with Crippen molar-refractivity contribution in [3.63, 3.8) is 0 Å². The molecule has 0 atom stereocenters. The minimum atomic E-state index is -2.71. The molecule has 78 valence electrons. The number of alkyl halides is 2. The molecule has 0 amide bonds. The Balaban J connectivity index is 2.74. The van der Waals surface area contributed by atoms with Crippen LogP contribution in [0.25, 0.3) is 10.9 Å². The van der Waals surface area contributed by atoms with Gasteiger partial charge in [0.1, 0.15) is 11.5 Å². The van der Waals surface area contributed by atoms with Gasteiger partial charge in [0.15, 0.2) is 0 Å². The molecule has 1 aromatic carbocycles. The molecule has 0 N–H and O–H groups in total. The molecule has 0 saturated heterocycles. The summed E-state index contributed by atoms with van der Waals surface area (Å²) in [5.74, 6) is -0.530. The van der Waals surface area contributed by atoms with Crippen LogP contribution in [0, 0.1) is 5.82 Å². The first-order valence-electron chi connectivity index (χ1n) is 4.12. The quantitative estimate of drug-likeness (QED) is 0.724. The van der Waals surface area contributed by atoms with Gasteiger partial charge < -0.3 is 0 Å². The molecule has 1 heterocycles. The average Bonchev–Trinajstić information content (AvgIpc) is 2.16. The Hall–Kier alpha value is -1.29. The van der Waals surface area contributed by atoms with Gasteiger partial charge in [-0.15, -0.1) is 0 Å². The van der Waals surface area contributed by atoms with Crippen LogP contribution in [0.5, 0.6) is 0 Å². The molecule has 0 bridgehead atoms. The van der Waals surface area contributed by atoms with Crippen molar-refractivity contribution in [3.05, 3.63) is 40.8 Å². The third-order valence-corrected chi connectivity index (χ3v) is 2.28. The Morgan fingerprint density at radius 2 is 1.93 bits per heavy atom. The number of rotatable bonds is 1. The van der Waals surface area contributed by atoms with E-state index in [0.717, 1.165) is 12.1 Å². The fraction of sp³-hybridized carbons (Fsp3) is 0.100. The van der Waals surface area contributed by atoms with Crippen molar-refractivity contribution in [2.75, 3.05) is 0 Å². The predicted molar refractivity (Wildman–Crippen MR) is 51.7 cm³/mol. The van der Waals surface area contributed by atoms with Crippen molar-refractivity contribution in [2.24, 2.45) is 0 Å². The van der Waals surface area contributed by atoms with Gasteiger partial charge in [-0.1, -0.05) is 11.6 Å². The van der Waals surface area contributed by atoms with Gasteiger partial charge in [0.2, 0.25) is 0 Å². The highest BCUT2D eigenvalue weighted by Crippen LogP contribution is 2.27. The lowest BCUT2D eigenvalue weighted by Gasteiger charge is -2.04. The number of pyridine rings is 1. The van der Waals surface area contributed by atoms with E-state index in [0.29, 0.717) is 5.39 Å². The Labute approximate surface area is 88.5 Å². The van der Waals surface area contributed by atoms with Gasteiger partial charge in [-0.3, -0.25) is 0 Å². The van der Waals surface area contributed by atoms with E-state index < -0.39 is 17.9 Å². The van der Waals surface area contributed by atoms with Gasteiger partial charge >= 0.3 is 0 Å². The van der Waals surface area contributed by atoms with Gasteiger partial charge in [0.05, 0.1) is 10.5 Å². The average molecular weight is 232 g/mol. The van der Waals surface area contributed by atoms with E-state index in [1.807, 2.05) is 0 Å². The molecule has 0 fully saturated rings. The lowest BCUT2D eigenvalue weighted by molar-refractivity contribution is 0.146. The summed E-state index contributed by atoms with van der Waals surface area (Å²) in [7, 11) is 0. The van der Waals surface area contributed by atoms with Crippen LogP contribution in [0.3, 0.4) is 0 Å². The van der Waals surface area contributed by atoms with E-state index >= 15 is 0 Å². The second-order valence-corrected chi connectivity index (χ2v) is 3.40. The molecule has 1 aromatic heterocycles. The van der Waals surface area contributed by atoms with Crippen LogP contribution in [0.1, 0.15) is 12.1 Å². The molecule has 0 radical (unpaired) electrons. The Morgan fingerprint density at radius 3 is 2.60 bits per heavy atom. The fourth-order valence-electron chi connectivity index (χ4n) is 1.29. The number of hydrogen-bond donors (Lipinski definition) is 0. The second-order valence-electron chi connectivity index (χ2n) is 2.99. The molecule has 0 saturated carbocycles. The molecule has 0 aliphatic heterocycles. The third-order valence-electron chi connectivity index (χ3n) is 1.96.